The van der Waals surface area contributed by atoms with E-state index in [9.17, 15) is 4.79 Å². The molecular weight excluding hydrogens is 178 g/mol. The first-order valence-electron chi connectivity index (χ1n) is 5.55. The van der Waals surface area contributed by atoms with Gasteiger partial charge in [-0.25, -0.2) is 0 Å². The summed E-state index contributed by atoms with van der Waals surface area (Å²) in [6.07, 6.45) is 3.58. The summed E-state index contributed by atoms with van der Waals surface area (Å²) >= 11 is 0. The topological polar surface area (TPSA) is 40.5 Å². The van der Waals surface area contributed by atoms with Crippen molar-refractivity contribution >= 4 is 5.97 Å². The van der Waals surface area contributed by atoms with Crippen LogP contribution in [0.3, 0.4) is 0 Å². The van der Waals surface area contributed by atoms with Gasteiger partial charge in [-0.2, -0.15) is 0 Å². The molecular formula is C11H19NO2. The van der Waals surface area contributed by atoms with Gasteiger partial charge in [0.05, 0.1) is 0 Å². The molecule has 1 saturated carbocycles. The van der Waals surface area contributed by atoms with Crippen molar-refractivity contribution in [1.82, 2.24) is 4.90 Å². The Morgan fingerprint density at radius 1 is 1.50 bits per heavy atom. The molecule has 1 spiro atoms. The summed E-state index contributed by atoms with van der Waals surface area (Å²) in [4.78, 5) is 13.3. The summed E-state index contributed by atoms with van der Waals surface area (Å²) in [7, 11) is 0. The van der Waals surface area contributed by atoms with Crippen molar-refractivity contribution in [2.75, 3.05) is 13.1 Å². The third kappa shape index (κ3) is 1.54. The molecule has 14 heavy (non-hydrogen) atoms. The lowest BCUT2D eigenvalue weighted by Crippen LogP contribution is -2.58. The standard InChI is InChI=1S/C11H19NO2/c1-3-8(2)9(10(13)14)12-6-11(7-12)4-5-11/h8-9H,3-7H2,1-2H3,(H,13,14). The van der Waals surface area contributed by atoms with Crippen molar-refractivity contribution in [3.63, 3.8) is 0 Å². The Bertz CT molecular complexity index is 240. The molecule has 0 aromatic rings. The SMILES string of the molecule is CCC(C)C(C(=O)O)N1CC2(CC2)C1. The maximum atomic E-state index is 11.1. The van der Waals surface area contributed by atoms with Crippen LogP contribution in [-0.2, 0) is 4.79 Å². The molecule has 2 unspecified atom stereocenters. The van der Waals surface area contributed by atoms with E-state index in [0.29, 0.717) is 5.41 Å². The molecule has 1 saturated heterocycles. The van der Waals surface area contributed by atoms with Gasteiger partial charge in [0.15, 0.2) is 0 Å². The maximum absolute atomic E-state index is 11.1. The van der Waals surface area contributed by atoms with Gasteiger partial charge in [-0.05, 0) is 24.2 Å². The molecule has 2 atom stereocenters. The normalized spacial score (nSPS) is 28.1. The predicted octanol–water partition coefficient (Wildman–Crippen LogP) is 1.58. The highest BCUT2D eigenvalue weighted by Crippen LogP contribution is 2.53. The van der Waals surface area contributed by atoms with Crippen LogP contribution in [0.15, 0.2) is 0 Å². The number of likely N-dealkylation sites (tertiary alicyclic amines) is 1. The van der Waals surface area contributed by atoms with Crippen molar-refractivity contribution in [3.05, 3.63) is 0 Å². The van der Waals surface area contributed by atoms with Gasteiger partial charge >= 0.3 is 5.97 Å². The molecule has 1 aliphatic carbocycles. The molecule has 0 aromatic heterocycles. The Labute approximate surface area is 85.1 Å². The fourth-order valence-electron chi connectivity index (χ4n) is 2.49. The van der Waals surface area contributed by atoms with Gasteiger partial charge in [-0.1, -0.05) is 20.3 Å². The Balaban J connectivity index is 1.94. The first-order chi connectivity index (χ1) is 6.58. The minimum Gasteiger partial charge on any atom is -0.480 e. The highest BCUT2D eigenvalue weighted by atomic mass is 16.4. The molecule has 0 amide bonds. The molecule has 1 heterocycles. The largest absolute Gasteiger partial charge is 0.480 e. The Morgan fingerprint density at radius 2 is 2.07 bits per heavy atom. The summed E-state index contributed by atoms with van der Waals surface area (Å²) < 4.78 is 0. The fourth-order valence-corrected chi connectivity index (χ4v) is 2.49. The smallest absolute Gasteiger partial charge is 0.321 e. The van der Waals surface area contributed by atoms with Crippen LogP contribution < -0.4 is 0 Å². The second-order valence-electron chi connectivity index (χ2n) is 5.07. The molecule has 2 aliphatic rings. The predicted molar refractivity (Wildman–Crippen MR) is 54.1 cm³/mol. The van der Waals surface area contributed by atoms with E-state index in [1.54, 1.807) is 0 Å². The van der Waals surface area contributed by atoms with Crippen LogP contribution in [0.5, 0.6) is 0 Å². The molecule has 3 nitrogen and oxygen atoms in total. The molecule has 0 aromatic carbocycles. The third-order valence-electron chi connectivity index (χ3n) is 3.86. The summed E-state index contributed by atoms with van der Waals surface area (Å²) in [6.45, 7) is 6.15. The van der Waals surface area contributed by atoms with Gasteiger partial charge in [-0.3, -0.25) is 9.69 Å². The van der Waals surface area contributed by atoms with Gasteiger partial charge in [-0.15, -0.1) is 0 Å². The average molecular weight is 197 g/mol. The zero-order valence-electron chi connectivity index (χ0n) is 8.99. The van der Waals surface area contributed by atoms with Crippen LogP contribution in [0.4, 0.5) is 0 Å². The van der Waals surface area contributed by atoms with Crippen molar-refractivity contribution < 1.29 is 9.90 Å². The van der Waals surface area contributed by atoms with Crippen LogP contribution in [0.1, 0.15) is 33.1 Å². The molecule has 3 heteroatoms. The van der Waals surface area contributed by atoms with Crippen LogP contribution >= 0.6 is 0 Å². The Kier molecular flexibility index (Phi) is 2.30. The zero-order chi connectivity index (χ0) is 10.3. The van der Waals surface area contributed by atoms with E-state index in [1.807, 2.05) is 6.92 Å². The maximum Gasteiger partial charge on any atom is 0.321 e. The first kappa shape index (κ1) is 9.97. The molecule has 2 fully saturated rings. The van der Waals surface area contributed by atoms with Gasteiger partial charge in [0.2, 0.25) is 0 Å². The van der Waals surface area contributed by atoms with Gasteiger partial charge in [0, 0.05) is 13.1 Å². The quantitative estimate of drug-likeness (QED) is 0.744. The van der Waals surface area contributed by atoms with Crippen molar-refractivity contribution in [2.45, 2.75) is 39.2 Å². The number of carboxylic acid groups (broad SMARTS) is 1. The molecule has 1 aliphatic heterocycles. The number of hydrogen-bond acceptors (Lipinski definition) is 2. The van der Waals surface area contributed by atoms with Crippen molar-refractivity contribution in [1.29, 1.82) is 0 Å². The summed E-state index contributed by atoms with van der Waals surface area (Å²) in [5, 5.41) is 9.16. The third-order valence-corrected chi connectivity index (χ3v) is 3.86. The molecule has 80 valence electrons. The molecule has 1 N–H and O–H groups in total. The molecule has 2 rings (SSSR count). The number of hydrogen-bond donors (Lipinski definition) is 1. The van der Waals surface area contributed by atoms with E-state index in [-0.39, 0.29) is 12.0 Å². The second-order valence-corrected chi connectivity index (χ2v) is 5.07. The van der Waals surface area contributed by atoms with E-state index in [1.165, 1.54) is 12.8 Å². The number of aliphatic carboxylic acids is 1. The highest BCUT2D eigenvalue weighted by Gasteiger charge is 2.55. The van der Waals surface area contributed by atoms with Crippen LogP contribution in [-0.4, -0.2) is 35.1 Å². The lowest BCUT2D eigenvalue weighted by molar-refractivity contribution is -0.149. The fraction of sp³-hybridized carbons (Fsp3) is 0.909. The van der Waals surface area contributed by atoms with Crippen LogP contribution in [0, 0.1) is 11.3 Å². The van der Waals surface area contributed by atoms with Crippen LogP contribution in [0.2, 0.25) is 0 Å². The van der Waals surface area contributed by atoms with Crippen LogP contribution in [0.25, 0.3) is 0 Å². The van der Waals surface area contributed by atoms with Crippen molar-refractivity contribution in [2.24, 2.45) is 11.3 Å². The Hall–Kier alpha value is -0.570. The number of carbonyl (C=O) groups is 1. The Morgan fingerprint density at radius 3 is 2.43 bits per heavy atom. The summed E-state index contributed by atoms with van der Waals surface area (Å²) in [5.74, 6) is -0.376. The highest BCUT2D eigenvalue weighted by molar-refractivity contribution is 5.74. The van der Waals surface area contributed by atoms with Gasteiger partial charge < -0.3 is 5.11 Å². The summed E-state index contributed by atoms with van der Waals surface area (Å²) in [5.41, 5.74) is 0.557. The van der Waals surface area contributed by atoms with Crippen molar-refractivity contribution in [3.8, 4) is 0 Å². The summed E-state index contributed by atoms with van der Waals surface area (Å²) in [6, 6.07) is -0.244. The average Bonchev–Trinajstić information content (AvgIpc) is 2.82. The number of carboxylic acids is 1. The molecule has 0 bridgehead atoms. The zero-order valence-corrected chi connectivity index (χ0v) is 8.99. The monoisotopic (exact) mass is 197 g/mol. The van der Waals surface area contributed by atoms with E-state index >= 15 is 0 Å². The van der Waals surface area contributed by atoms with E-state index in [4.69, 9.17) is 5.11 Å². The van der Waals surface area contributed by atoms with E-state index in [0.717, 1.165) is 19.5 Å². The minimum atomic E-state index is -0.644. The number of nitrogens with zero attached hydrogens (tertiary/aromatic N) is 1. The lowest BCUT2D eigenvalue weighted by atomic mass is 9.89. The van der Waals surface area contributed by atoms with E-state index < -0.39 is 5.97 Å². The van der Waals surface area contributed by atoms with Gasteiger partial charge in [0.25, 0.3) is 0 Å². The lowest BCUT2D eigenvalue weighted by Gasteiger charge is -2.45. The number of rotatable bonds is 4. The second kappa shape index (κ2) is 3.23. The van der Waals surface area contributed by atoms with E-state index in [2.05, 4.69) is 11.8 Å². The first-order valence-corrected chi connectivity index (χ1v) is 5.55. The molecule has 0 radical (unpaired) electrons. The minimum absolute atomic E-state index is 0.244. The van der Waals surface area contributed by atoms with Gasteiger partial charge in [0.1, 0.15) is 6.04 Å².